The molecule has 0 aliphatic heterocycles. The lowest BCUT2D eigenvalue weighted by atomic mass is 10.0. The van der Waals surface area contributed by atoms with E-state index in [1.165, 1.54) is 178 Å². The summed E-state index contributed by atoms with van der Waals surface area (Å²) in [5.41, 5.74) is 0. The van der Waals surface area contributed by atoms with E-state index in [-0.39, 0.29) is 12.4 Å². The van der Waals surface area contributed by atoms with Crippen LogP contribution in [0.4, 0.5) is 0 Å². The SMILES string of the molecule is CCCCCCCCCCCCCCCCCC[N+](C)(C)CCCCCCCCCCCC[Si](OC)(OC)OC.[Cl-]. The Hall–Kier alpha value is 0.347. The molecule has 0 saturated carbocycles. The maximum Gasteiger partial charge on any atom is 0.500 e. The molecule has 0 spiro atoms. The van der Waals surface area contributed by atoms with E-state index in [2.05, 4.69) is 21.0 Å². The number of hydrogen-bond acceptors (Lipinski definition) is 3. The van der Waals surface area contributed by atoms with Gasteiger partial charge in [-0.2, -0.15) is 0 Å². The Kier molecular flexibility index (Phi) is 33.7. The minimum Gasteiger partial charge on any atom is -1.00 e. The van der Waals surface area contributed by atoms with E-state index >= 15 is 0 Å². The van der Waals surface area contributed by atoms with Gasteiger partial charge in [-0.25, -0.2) is 0 Å². The van der Waals surface area contributed by atoms with Crippen LogP contribution in [0.2, 0.25) is 6.04 Å². The van der Waals surface area contributed by atoms with Crippen molar-refractivity contribution < 1.29 is 30.2 Å². The first-order valence-electron chi connectivity index (χ1n) is 17.9. The summed E-state index contributed by atoms with van der Waals surface area (Å²) in [6.07, 6.45) is 36.8. The van der Waals surface area contributed by atoms with E-state index in [1.807, 2.05) is 0 Å². The van der Waals surface area contributed by atoms with Gasteiger partial charge in [-0.05, 0) is 32.1 Å². The molecule has 0 aromatic rings. The largest absolute Gasteiger partial charge is 1.00 e. The van der Waals surface area contributed by atoms with Gasteiger partial charge in [0.15, 0.2) is 0 Å². The van der Waals surface area contributed by atoms with Gasteiger partial charge in [0.2, 0.25) is 0 Å². The highest BCUT2D eigenvalue weighted by Gasteiger charge is 2.36. The van der Waals surface area contributed by atoms with E-state index in [1.54, 1.807) is 21.3 Å². The average Bonchev–Trinajstić information content (AvgIpc) is 2.95. The van der Waals surface area contributed by atoms with Gasteiger partial charge in [0.1, 0.15) is 0 Å². The molecule has 4 nitrogen and oxygen atoms in total. The van der Waals surface area contributed by atoms with Gasteiger partial charge >= 0.3 is 8.80 Å². The predicted octanol–water partition coefficient (Wildman–Crippen LogP) is 8.11. The fourth-order valence-corrected chi connectivity index (χ4v) is 7.85. The van der Waals surface area contributed by atoms with Crippen LogP contribution >= 0.6 is 0 Å². The van der Waals surface area contributed by atoms with E-state index in [9.17, 15) is 0 Å². The molecule has 41 heavy (non-hydrogen) atoms. The van der Waals surface area contributed by atoms with Crippen molar-refractivity contribution in [3.05, 3.63) is 0 Å². The molecule has 0 N–H and O–H groups in total. The van der Waals surface area contributed by atoms with Gasteiger partial charge < -0.3 is 30.2 Å². The van der Waals surface area contributed by atoms with Crippen LogP contribution in [0.25, 0.3) is 0 Å². The van der Waals surface area contributed by atoms with Crippen LogP contribution in [0.5, 0.6) is 0 Å². The number of hydrogen-bond donors (Lipinski definition) is 0. The summed E-state index contributed by atoms with van der Waals surface area (Å²) in [5.74, 6) is 0. The highest BCUT2D eigenvalue weighted by Crippen LogP contribution is 2.19. The van der Waals surface area contributed by atoms with Crippen LogP contribution in [0.15, 0.2) is 0 Å². The second-order valence-electron chi connectivity index (χ2n) is 13.3. The van der Waals surface area contributed by atoms with Gasteiger partial charge in [0, 0.05) is 27.4 Å². The molecular weight excluding hydrogens is 546 g/mol. The van der Waals surface area contributed by atoms with Crippen molar-refractivity contribution in [1.29, 1.82) is 0 Å². The Morgan fingerprint density at radius 2 is 0.634 bits per heavy atom. The third-order valence-corrected chi connectivity index (χ3v) is 11.9. The Morgan fingerprint density at radius 3 is 0.902 bits per heavy atom. The van der Waals surface area contributed by atoms with Crippen molar-refractivity contribution in [3.63, 3.8) is 0 Å². The Labute approximate surface area is 266 Å². The standard InChI is InChI=1S/C35H76NO3Si.ClH/c1-7-8-9-10-11-12-13-14-15-16-17-18-21-24-27-30-33-36(2,3)34-31-28-25-22-19-20-23-26-29-32-35-40(37-4,38-5)39-6;/h7-35H2,1-6H3;1H/q+1;/p-1. The first-order valence-corrected chi connectivity index (χ1v) is 19.9. The summed E-state index contributed by atoms with van der Waals surface area (Å²) in [6, 6.07) is 0.935. The Bertz CT molecular complexity index is 498. The van der Waals surface area contributed by atoms with Gasteiger partial charge in [0.25, 0.3) is 0 Å². The topological polar surface area (TPSA) is 27.7 Å². The molecule has 0 radical (unpaired) electrons. The minimum absolute atomic E-state index is 0. The normalized spacial score (nSPS) is 12.1. The lowest BCUT2D eigenvalue weighted by Gasteiger charge is -2.30. The summed E-state index contributed by atoms with van der Waals surface area (Å²) < 4.78 is 17.7. The third kappa shape index (κ3) is 28.9. The zero-order valence-corrected chi connectivity index (χ0v) is 30.8. The molecule has 0 unspecified atom stereocenters. The molecule has 0 aromatic heterocycles. The highest BCUT2D eigenvalue weighted by molar-refractivity contribution is 6.60. The molecule has 0 fully saturated rings. The van der Waals surface area contributed by atoms with Crippen molar-refractivity contribution in [2.45, 2.75) is 180 Å². The van der Waals surface area contributed by atoms with Crippen LogP contribution in [-0.2, 0) is 13.3 Å². The summed E-state index contributed by atoms with van der Waals surface area (Å²) in [6.45, 7) is 5.02. The molecular formula is C35H76ClNO3Si. The molecule has 0 aromatic carbocycles. The summed E-state index contributed by atoms with van der Waals surface area (Å²) >= 11 is 0. The summed E-state index contributed by atoms with van der Waals surface area (Å²) in [4.78, 5) is 0. The highest BCUT2D eigenvalue weighted by atomic mass is 35.5. The van der Waals surface area contributed by atoms with Crippen LogP contribution in [0.1, 0.15) is 174 Å². The van der Waals surface area contributed by atoms with Gasteiger partial charge in [-0.1, -0.05) is 142 Å². The minimum atomic E-state index is -2.35. The zero-order valence-electron chi connectivity index (χ0n) is 29.1. The van der Waals surface area contributed by atoms with Crippen molar-refractivity contribution >= 4 is 8.80 Å². The maximum atomic E-state index is 5.51. The molecule has 0 heterocycles. The number of unbranched alkanes of at least 4 members (excludes halogenated alkanes) is 24. The fraction of sp³-hybridized carbons (Fsp3) is 1.00. The second kappa shape index (κ2) is 31.8. The Balaban J connectivity index is 0. The molecule has 0 aliphatic carbocycles. The predicted molar refractivity (Wildman–Crippen MR) is 179 cm³/mol. The molecule has 6 heteroatoms. The van der Waals surface area contributed by atoms with E-state index in [0.29, 0.717) is 0 Å². The average molecular weight is 623 g/mol. The van der Waals surface area contributed by atoms with Gasteiger partial charge in [0.05, 0.1) is 27.2 Å². The summed E-state index contributed by atoms with van der Waals surface area (Å²) in [5, 5.41) is 0. The molecule has 0 aliphatic rings. The van der Waals surface area contributed by atoms with Crippen molar-refractivity contribution in [3.8, 4) is 0 Å². The van der Waals surface area contributed by atoms with Crippen LogP contribution < -0.4 is 12.4 Å². The van der Waals surface area contributed by atoms with Crippen molar-refractivity contribution in [1.82, 2.24) is 0 Å². The van der Waals surface area contributed by atoms with Crippen LogP contribution in [0, 0.1) is 0 Å². The number of quaternary nitrogens is 1. The van der Waals surface area contributed by atoms with Crippen molar-refractivity contribution in [2.75, 3.05) is 48.5 Å². The number of halogens is 1. The lowest BCUT2D eigenvalue weighted by Crippen LogP contribution is -3.00. The van der Waals surface area contributed by atoms with Gasteiger partial charge in [-0.3, -0.25) is 0 Å². The summed E-state index contributed by atoms with van der Waals surface area (Å²) in [7, 11) is 7.67. The lowest BCUT2D eigenvalue weighted by molar-refractivity contribution is -0.890. The first kappa shape index (κ1) is 43.5. The second-order valence-corrected chi connectivity index (χ2v) is 16.4. The quantitative estimate of drug-likeness (QED) is 0.0421. The molecule has 0 amide bonds. The van der Waals surface area contributed by atoms with E-state index in [0.717, 1.165) is 12.5 Å². The molecule has 0 rings (SSSR count). The third-order valence-electron chi connectivity index (χ3n) is 9.05. The molecule has 250 valence electrons. The smallest absolute Gasteiger partial charge is 0.500 e. The number of nitrogens with zero attached hydrogens (tertiary/aromatic N) is 1. The fourth-order valence-electron chi connectivity index (χ4n) is 6.05. The van der Waals surface area contributed by atoms with E-state index in [4.69, 9.17) is 13.3 Å². The zero-order chi connectivity index (χ0) is 29.6. The Morgan fingerprint density at radius 1 is 0.390 bits per heavy atom. The van der Waals surface area contributed by atoms with Gasteiger partial charge in [-0.15, -0.1) is 0 Å². The van der Waals surface area contributed by atoms with Crippen LogP contribution in [-0.4, -0.2) is 61.8 Å². The molecule has 0 saturated heterocycles. The first-order chi connectivity index (χ1) is 19.4. The van der Waals surface area contributed by atoms with Crippen LogP contribution in [0.3, 0.4) is 0 Å². The van der Waals surface area contributed by atoms with E-state index < -0.39 is 8.80 Å². The number of rotatable bonds is 33. The monoisotopic (exact) mass is 622 g/mol. The molecule has 0 atom stereocenters. The maximum absolute atomic E-state index is 5.51. The van der Waals surface area contributed by atoms with Crippen molar-refractivity contribution in [2.24, 2.45) is 0 Å². The molecule has 0 bridgehead atoms.